The second-order valence-corrected chi connectivity index (χ2v) is 10.3. The van der Waals surface area contributed by atoms with Crippen molar-refractivity contribution in [3.05, 3.63) is 87.8 Å². The summed E-state index contributed by atoms with van der Waals surface area (Å²) in [6, 6.07) is 16.0. The van der Waals surface area contributed by atoms with Gasteiger partial charge >= 0.3 is 11.9 Å². The third kappa shape index (κ3) is 5.54. The Morgan fingerprint density at radius 1 is 1.03 bits per heavy atom. The number of halogens is 1. The van der Waals surface area contributed by atoms with Crippen LogP contribution in [-0.4, -0.2) is 30.5 Å². The summed E-state index contributed by atoms with van der Waals surface area (Å²) in [5, 5.41) is 3.20. The quantitative estimate of drug-likeness (QED) is 0.356. The van der Waals surface area contributed by atoms with Crippen LogP contribution in [0.5, 0.6) is 5.75 Å². The van der Waals surface area contributed by atoms with Gasteiger partial charge in [-0.2, -0.15) is 0 Å². The van der Waals surface area contributed by atoms with Crippen LogP contribution in [-0.2, 0) is 25.5 Å². The molecule has 3 atom stereocenters. The molecule has 3 unspecified atom stereocenters. The number of carbonyl (C=O) groups excluding carboxylic acids is 2. The first-order valence-corrected chi connectivity index (χ1v) is 13.2. The monoisotopic (exact) mass is 523 g/mol. The number of rotatable bonds is 7. The summed E-state index contributed by atoms with van der Waals surface area (Å²) in [6.07, 6.45) is 0.317. The van der Waals surface area contributed by atoms with E-state index in [-0.39, 0.29) is 30.6 Å². The smallest absolute Gasteiger partial charge is 0.337 e. The van der Waals surface area contributed by atoms with Crippen molar-refractivity contribution >= 4 is 23.5 Å². The number of dihydropyridines is 1. The lowest BCUT2D eigenvalue weighted by Gasteiger charge is -2.36. The number of allylic oxidation sites excluding steroid dienone is 2. The predicted octanol–water partition coefficient (Wildman–Crippen LogP) is 5.97. The van der Waals surface area contributed by atoms with E-state index in [0.717, 1.165) is 23.1 Å². The number of carbonyl (C=O) groups is 2. The van der Waals surface area contributed by atoms with Crippen LogP contribution in [0.1, 0.15) is 63.3 Å². The van der Waals surface area contributed by atoms with Gasteiger partial charge in [0.25, 0.3) is 0 Å². The fourth-order valence-electron chi connectivity index (χ4n) is 5.21. The highest BCUT2D eigenvalue weighted by Crippen LogP contribution is 2.48. The molecule has 2 heterocycles. The second-order valence-electron chi connectivity index (χ2n) is 9.88. The van der Waals surface area contributed by atoms with Gasteiger partial charge in [-0.25, -0.2) is 9.59 Å². The molecule has 2 aromatic carbocycles. The first-order valence-electron chi connectivity index (χ1n) is 12.7. The summed E-state index contributed by atoms with van der Waals surface area (Å²) in [4.78, 5) is 26.8. The van der Waals surface area contributed by atoms with Crippen LogP contribution in [0.2, 0.25) is 0 Å². The fourth-order valence-corrected chi connectivity index (χ4v) is 5.28. The van der Waals surface area contributed by atoms with Crippen LogP contribution in [0, 0.1) is 5.92 Å². The maximum atomic E-state index is 13.4. The van der Waals surface area contributed by atoms with Gasteiger partial charge in [-0.15, -0.1) is 11.6 Å². The van der Waals surface area contributed by atoms with Gasteiger partial charge in [0.1, 0.15) is 18.5 Å². The molecule has 2 aliphatic rings. The third-order valence-electron chi connectivity index (χ3n) is 6.72. The van der Waals surface area contributed by atoms with E-state index in [1.165, 1.54) is 0 Å². The number of esters is 2. The highest BCUT2D eigenvalue weighted by atomic mass is 35.5. The van der Waals surface area contributed by atoms with Gasteiger partial charge in [0.15, 0.2) is 0 Å². The summed E-state index contributed by atoms with van der Waals surface area (Å²) >= 11 is 5.80. The Bertz CT molecular complexity index is 1230. The van der Waals surface area contributed by atoms with Crippen molar-refractivity contribution in [2.45, 2.75) is 59.2 Å². The third-order valence-corrected chi connectivity index (χ3v) is 6.88. The number of hydrogen-bond donors (Lipinski definition) is 1. The van der Waals surface area contributed by atoms with E-state index in [9.17, 15) is 9.59 Å². The number of benzene rings is 2. The van der Waals surface area contributed by atoms with E-state index < -0.39 is 17.9 Å². The first-order chi connectivity index (χ1) is 17.7. The number of ether oxygens (including phenoxy) is 3. The predicted molar refractivity (Wildman–Crippen MR) is 143 cm³/mol. The van der Waals surface area contributed by atoms with Gasteiger partial charge in [0.2, 0.25) is 0 Å². The number of hydrogen-bond acceptors (Lipinski definition) is 6. The molecule has 0 aliphatic carbocycles. The van der Waals surface area contributed by atoms with Crippen molar-refractivity contribution in [3.8, 4) is 5.75 Å². The van der Waals surface area contributed by atoms with E-state index >= 15 is 0 Å². The molecule has 0 spiro atoms. The van der Waals surface area contributed by atoms with E-state index in [4.69, 9.17) is 25.8 Å². The molecule has 6 nitrogen and oxygen atoms in total. The molecule has 0 bridgehead atoms. The maximum absolute atomic E-state index is 13.4. The number of fused-ring (bicyclic) bond motifs is 1. The van der Waals surface area contributed by atoms with E-state index in [1.807, 2.05) is 50.2 Å². The van der Waals surface area contributed by atoms with Gasteiger partial charge < -0.3 is 19.5 Å². The topological polar surface area (TPSA) is 73.9 Å². The minimum atomic E-state index is -0.727. The summed E-state index contributed by atoms with van der Waals surface area (Å²) in [5.74, 6) is -0.630. The molecule has 4 rings (SSSR count). The minimum absolute atomic E-state index is 0.0648. The van der Waals surface area contributed by atoms with Crippen LogP contribution in [0.4, 0.5) is 0 Å². The van der Waals surface area contributed by atoms with Gasteiger partial charge in [0, 0.05) is 22.9 Å². The van der Waals surface area contributed by atoms with Crippen LogP contribution >= 0.6 is 11.6 Å². The average Bonchev–Trinajstić information content (AvgIpc) is 2.86. The Labute approximate surface area is 223 Å². The van der Waals surface area contributed by atoms with Crippen LogP contribution in [0.25, 0.3) is 0 Å². The lowest BCUT2D eigenvalue weighted by Crippen LogP contribution is -2.34. The highest BCUT2D eigenvalue weighted by molar-refractivity contribution is 6.18. The molecule has 1 N–H and O–H groups in total. The summed E-state index contributed by atoms with van der Waals surface area (Å²) in [7, 11) is 0. The van der Waals surface area contributed by atoms with Crippen molar-refractivity contribution in [1.29, 1.82) is 0 Å². The molecular weight excluding hydrogens is 490 g/mol. The number of nitrogens with one attached hydrogen (secondary N) is 1. The van der Waals surface area contributed by atoms with Crippen LogP contribution in [0.3, 0.4) is 0 Å². The van der Waals surface area contributed by atoms with Gasteiger partial charge in [-0.1, -0.05) is 55.5 Å². The van der Waals surface area contributed by atoms with E-state index in [1.54, 1.807) is 13.8 Å². The molecule has 2 aromatic rings. The van der Waals surface area contributed by atoms with Crippen LogP contribution < -0.4 is 10.1 Å². The SMILES string of the molecule is CC1=C(C(=O)OCCCl)C(c2cccc3c2OC(c2ccccc2)C(C)C3)C(C(=O)OC(C)C)=C(C)N1. The van der Waals surface area contributed by atoms with E-state index in [2.05, 4.69) is 24.4 Å². The lowest BCUT2D eigenvalue weighted by molar-refractivity contribution is -0.143. The fraction of sp³-hybridized carbons (Fsp3) is 0.400. The van der Waals surface area contributed by atoms with Crippen molar-refractivity contribution in [3.63, 3.8) is 0 Å². The molecule has 0 radical (unpaired) electrons. The highest BCUT2D eigenvalue weighted by Gasteiger charge is 2.41. The summed E-state index contributed by atoms with van der Waals surface area (Å²) in [5.41, 5.74) is 4.81. The van der Waals surface area contributed by atoms with Crippen molar-refractivity contribution < 1.29 is 23.8 Å². The maximum Gasteiger partial charge on any atom is 0.337 e. The molecule has 37 heavy (non-hydrogen) atoms. The lowest BCUT2D eigenvalue weighted by atomic mass is 9.78. The van der Waals surface area contributed by atoms with Gasteiger partial charge in [0.05, 0.1) is 29.0 Å². The van der Waals surface area contributed by atoms with Crippen molar-refractivity contribution in [2.24, 2.45) is 5.92 Å². The first kappa shape index (κ1) is 26.8. The summed E-state index contributed by atoms with van der Waals surface area (Å²) < 4.78 is 17.8. The molecule has 0 amide bonds. The Balaban J connectivity index is 1.87. The zero-order valence-electron chi connectivity index (χ0n) is 22.0. The van der Waals surface area contributed by atoms with Crippen LogP contribution in [0.15, 0.2) is 71.1 Å². The minimum Gasteiger partial charge on any atom is -0.485 e. The Kier molecular flexibility index (Phi) is 8.28. The largest absolute Gasteiger partial charge is 0.485 e. The molecule has 196 valence electrons. The number of alkyl halides is 1. The second kappa shape index (κ2) is 11.4. The molecule has 7 heteroatoms. The molecule has 0 aromatic heterocycles. The average molecular weight is 524 g/mol. The molecular formula is C30H34ClNO5. The van der Waals surface area contributed by atoms with E-state index in [0.29, 0.717) is 28.3 Å². The van der Waals surface area contributed by atoms with Gasteiger partial charge in [-0.3, -0.25) is 0 Å². The Morgan fingerprint density at radius 3 is 2.35 bits per heavy atom. The molecule has 0 fully saturated rings. The molecule has 0 saturated carbocycles. The van der Waals surface area contributed by atoms with Gasteiger partial charge in [-0.05, 0) is 45.2 Å². The van der Waals surface area contributed by atoms with Crippen molar-refractivity contribution in [2.75, 3.05) is 12.5 Å². The number of para-hydroxylation sites is 1. The zero-order valence-corrected chi connectivity index (χ0v) is 22.7. The standard InChI is InChI=1S/C30H34ClNO5/c1-17(2)36-30(34)25-20(5)32-19(4)24(29(33)35-15-14-31)26(25)23-13-9-12-22-16-18(3)27(37-28(22)23)21-10-7-6-8-11-21/h6-13,17-18,26-27,32H,14-16H2,1-5H3. The normalized spacial score (nSPS) is 21.2. The molecule has 0 saturated heterocycles. The zero-order chi connectivity index (χ0) is 26.7. The summed E-state index contributed by atoms with van der Waals surface area (Å²) in [6.45, 7) is 9.47. The van der Waals surface area contributed by atoms with Crippen molar-refractivity contribution in [1.82, 2.24) is 5.32 Å². The molecule has 2 aliphatic heterocycles. The Hall–Kier alpha value is -3.25. The Morgan fingerprint density at radius 2 is 1.70 bits per heavy atom.